The molecular weight excluding hydrogens is 210 g/mol. The van der Waals surface area contributed by atoms with Gasteiger partial charge >= 0.3 is 0 Å². The van der Waals surface area contributed by atoms with Gasteiger partial charge in [0.05, 0.1) is 6.61 Å². The Balaban J connectivity index is 2.02. The molecule has 0 spiro atoms. The molecule has 1 aromatic carbocycles. The predicted molar refractivity (Wildman–Crippen MR) is 71.1 cm³/mol. The minimum Gasteiger partial charge on any atom is -0.395 e. The van der Waals surface area contributed by atoms with Crippen molar-refractivity contribution in [2.45, 2.75) is 45.2 Å². The van der Waals surface area contributed by atoms with Gasteiger partial charge in [0.1, 0.15) is 0 Å². The van der Waals surface area contributed by atoms with Crippen molar-refractivity contribution < 1.29 is 5.11 Å². The first-order valence-electron chi connectivity index (χ1n) is 6.47. The summed E-state index contributed by atoms with van der Waals surface area (Å²) in [6, 6.07) is 11.4. The van der Waals surface area contributed by atoms with Crippen LogP contribution in [-0.4, -0.2) is 23.8 Å². The second kappa shape index (κ2) is 4.79. The Morgan fingerprint density at radius 1 is 1.35 bits per heavy atom. The van der Waals surface area contributed by atoms with Gasteiger partial charge < -0.3 is 10.4 Å². The molecule has 2 N–H and O–H groups in total. The lowest BCUT2D eigenvalue weighted by molar-refractivity contribution is 0.0544. The maximum Gasteiger partial charge on any atom is 0.0582 e. The van der Waals surface area contributed by atoms with E-state index in [0.717, 1.165) is 0 Å². The zero-order chi connectivity index (χ0) is 12.5. The van der Waals surface area contributed by atoms with Crippen molar-refractivity contribution in [3.8, 4) is 0 Å². The zero-order valence-corrected chi connectivity index (χ0v) is 11.0. The van der Waals surface area contributed by atoms with E-state index >= 15 is 0 Å². The first kappa shape index (κ1) is 12.6. The van der Waals surface area contributed by atoms with Gasteiger partial charge in [0.2, 0.25) is 0 Å². The number of aliphatic hydroxyl groups is 1. The summed E-state index contributed by atoms with van der Waals surface area (Å²) in [6.07, 6.45) is 1.17. The number of aliphatic hydroxyl groups excluding tert-OH is 1. The van der Waals surface area contributed by atoms with Crippen LogP contribution < -0.4 is 5.32 Å². The van der Waals surface area contributed by atoms with Gasteiger partial charge in [-0.25, -0.2) is 0 Å². The average Bonchev–Trinajstić information content (AvgIpc) is 2.34. The number of hydrogen-bond donors (Lipinski definition) is 2. The van der Waals surface area contributed by atoms with Crippen LogP contribution in [0.2, 0.25) is 0 Å². The van der Waals surface area contributed by atoms with E-state index < -0.39 is 0 Å². The van der Waals surface area contributed by atoms with Crippen LogP contribution in [0.4, 0.5) is 0 Å². The van der Waals surface area contributed by atoms with Crippen LogP contribution in [-0.2, 0) is 0 Å². The van der Waals surface area contributed by atoms with Crippen molar-refractivity contribution in [3.05, 3.63) is 35.9 Å². The Hall–Kier alpha value is -0.860. The van der Waals surface area contributed by atoms with Crippen LogP contribution in [0, 0.1) is 5.41 Å². The SMILES string of the molecule is C[C@@H](CO)N[C@@H]1C[C@H](c2ccccc2)C1(C)C. The summed E-state index contributed by atoms with van der Waals surface area (Å²) >= 11 is 0. The van der Waals surface area contributed by atoms with Crippen molar-refractivity contribution in [3.63, 3.8) is 0 Å². The second-order valence-electron chi connectivity index (χ2n) is 5.82. The molecule has 3 atom stereocenters. The topological polar surface area (TPSA) is 32.3 Å². The summed E-state index contributed by atoms with van der Waals surface area (Å²) in [6.45, 7) is 6.88. The first-order valence-corrected chi connectivity index (χ1v) is 6.47. The van der Waals surface area contributed by atoms with E-state index in [2.05, 4.69) is 49.5 Å². The maximum absolute atomic E-state index is 9.09. The molecule has 94 valence electrons. The van der Waals surface area contributed by atoms with Gasteiger partial charge in [-0.05, 0) is 30.2 Å². The standard InChI is InChI=1S/C15H23NO/c1-11(10-17)16-14-9-13(15(14,2)3)12-7-5-4-6-8-12/h4-8,11,13-14,16-17H,9-10H2,1-3H3/t11-,13+,14+/m0/s1. The van der Waals surface area contributed by atoms with Crippen molar-refractivity contribution in [1.29, 1.82) is 0 Å². The highest BCUT2D eigenvalue weighted by Crippen LogP contribution is 2.52. The molecule has 0 amide bonds. The summed E-state index contributed by atoms with van der Waals surface area (Å²) < 4.78 is 0. The zero-order valence-electron chi connectivity index (χ0n) is 11.0. The third-order valence-corrected chi connectivity index (χ3v) is 4.23. The highest BCUT2D eigenvalue weighted by molar-refractivity contribution is 5.27. The third-order valence-electron chi connectivity index (χ3n) is 4.23. The van der Waals surface area contributed by atoms with Gasteiger partial charge in [0.25, 0.3) is 0 Å². The number of hydrogen-bond acceptors (Lipinski definition) is 2. The van der Waals surface area contributed by atoms with Gasteiger partial charge in [-0.15, -0.1) is 0 Å². The minimum atomic E-state index is 0.191. The highest BCUT2D eigenvalue weighted by atomic mass is 16.3. The fourth-order valence-corrected chi connectivity index (χ4v) is 2.86. The van der Waals surface area contributed by atoms with Crippen LogP contribution in [0.1, 0.15) is 38.7 Å². The lowest BCUT2D eigenvalue weighted by atomic mass is 9.56. The molecule has 2 rings (SSSR count). The van der Waals surface area contributed by atoms with Gasteiger partial charge in [-0.2, -0.15) is 0 Å². The quantitative estimate of drug-likeness (QED) is 0.837. The van der Waals surface area contributed by atoms with Gasteiger partial charge in [0, 0.05) is 12.1 Å². The molecular formula is C15H23NO. The van der Waals surface area contributed by atoms with Crippen LogP contribution in [0.25, 0.3) is 0 Å². The van der Waals surface area contributed by atoms with Crippen molar-refractivity contribution >= 4 is 0 Å². The summed E-state index contributed by atoms with van der Waals surface area (Å²) in [5, 5.41) is 12.6. The molecule has 0 aliphatic heterocycles. The van der Waals surface area contributed by atoms with E-state index in [1.807, 2.05) is 6.92 Å². The fraction of sp³-hybridized carbons (Fsp3) is 0.600. The van der Waals surface area contributed by atoms with Crippen molar-refractivity contribution in [1.82, 2.24) is 5.32 Å². The molecule has 2 nitrogen and oxygen atoms in total. The van der Waals surface area contributed by atoms with Gasteiger partial charge in [0.15, 0.2) is 0 Å². The minimum absolute atomic E-state index is 0.191. The third kappa shape index (κ3) is 2.38. The lowest BCUT2D eigenvalue weighted by Crippen LogP contribution is -2.58. The molecule has 0 unspecified atom stereocenters. The monoisotopic (exact) mass is 233 g/mol. The molecule has 1 aliphatic rings. The molecule has 1 aliphatic carbocycles. The maximum atomic E-state index is 9.09. The molecule has 0 radical (unpaired) electrons. The lowest BCUT2D eigenvalue weighted by Gasteiger charge is -2.53. The average molecular weight is 233 g/mol. The van der Waals surface area contributed by atoms with Gasteiger partial charge in [-0.3, -0.25) is 0 Å². The number of nitrogens with one attached hydrogen (secondary N) is 1. The summed E-state index contributed by atoms with van der Waals surface area (Å²) in [4.78, 5) is 0. The van der Waals surface area contributed by atoms with E-state index in [4.69, 9.17) is 5.11 Å². The highest BCUT2D eigenvalue weighted by Gasteiger charge is 2.48. The number of benzene rings is 1. The molecule has 1 fully saturated rings. The van der Waals surface area contributed by atoms with Crippen LogP contribution in [0.3, 0.4) is 0 Å². The van der Waals surface area contributed by atoms with Crippen molar-refractivity contribution in [2.75, 3.05) is 6.61 Å². The van der Waals surface area contributed by atoms with Gasteiger partial charge in [-0.1, -0.05) is 44.2 Å². The molecule has 0 heterocycles. The Morgan fingerprint density at radius 2 is 2.00 bits per heavy atom. The number of rotatable bonds is 4. The van der Waals surface area contributed by atoms with E-state index in [1.54, 1.807) is 0 Å². The molecule has 0 aromatic heterocycles. The van der Waals surface area contributed by atoms with Crippen LogP contribution >= 0.6 is 0 Å². The van der Waals surface area contributed by atoms with E-state index in [0.29, 0.717) is 12.0 Å². The fourth-order valence-electron chi connectivity index (χ4n) is 2.86. The molecule has 0 bridgehead atoms. The predicted octanol–water partition coefficient (Wildman–Crippen LogP) is 2.54. The smallest absolute Gasteiger partial charge is 0.0582 e. The van der Waals surface area contributed by atoms with Crippen LogP contribution in [0.5, 0.6) is 0 Å². The Bertz CT molecular complexity index is 360. The van der Waals surface area contributed by atoms with E-state index in [9.17, 15) is 0 Å². The first-order chi connectivity index (χ1) is 8.05. The Labute approximate surface area is 104 Å². The molecule has 0 saturated heterocycles. The van der Waals surface area contributed by atoms with Crippen LogP contribution in [0.15, 0.2) is 30.3 Å². The largest absolute Gasteiger partial charge is 0.395 e. The summed E-state index contributed by atoms with van der Waals surface area (Å²) in [5.74, 6) is 0.632. The summed E-state index contributed by atoms with van der Waals surface area (Å²) in [5.41, 5.74) is 1.71. The van der Waals surface area contributed by atoms with E-state index in [1.165, 1.54) is 12.0 Å². The summed E-state index contributed by atoms with van der Waals surface area (Å²) in [7, 11) is 0. The molecule has 17 heavy (non-hydrogen) atoms. The van der Waals surface area contributed by atoms with E-state index in [-0.39, 0.29) is 18.1 Å². The van der Waals surface area contributed by atoms with Crippen molar-refractivity contribution in [2.24, 2.45) is 5.41 Å². The second-order valence-corrected chi connectivity index (χ2v) is 5.82. The Morgan fingerprint density at radius 3 is 2.53 bits per heavy atom. The molecule has 2 heteroatoms. The normalized spacial score (nSPS) is 28.5. The Kier molecular flexibility index (Phi) is 3.55. The molecule has 1 aromatic rings. The molecule has 1 saturated carbocycles.